The van der Waals surface area contributed by atoms with E-state index in [1.54, 1.807) is 38.2 Å². The maximum Gasteiger partial charge on any atom is 0.262 e. The molecule has 12 heteroatoms. The summed E-state index contributed by atoms with van der Waals surface area (Å²) in [4.78, 5) is 33.7. The van der Waals surface area contributed by atoms with Crippen molar-refractivity contribution in [3.05, 3.63) is 76.4 Å². The number of amides is 1. The molecule has 1 amide bonds. The van der Waals surface area contributed by atoms with E-state index in [1.165, 1.54) is 48.5 Å². The second-order valence-electron chi connectivity index (χ2n) is 8.29. The summed E-state index contributed by atoms with van der Waals surface area (Å²) in [7, 11) is -1.03. The van der Waals surface area contributed by atoms with Crippen molar-refractivity contribution in [1.29, 1.82) is 0 Å². The number of hydrogen-bond donors (Lipinski definition) is 2. The highest BCUT2D eigenvalue weighted by atomic mass is 35.5. The third kappa shape index (κ3) is 5.57. The Morgan fingerprint density at radius 3 is 2.51 bits per heavy atom. The lowest BCUT2D eigenvalue weighted by Crippen LogP contribution is -2.32. The number of carbonyl (C=O) groups excluding carboxylic acids is 1. The van der Waals surface area contributed by atoms with Crippen molar-refractivity contribution in [3.8, 4) is 17.0 Å². The Morgan fingerprint density at radius 1 is 1.11 bits per heavy atom. The molecule has 0 saturated carbocycles. The summed E-state index contributed by atoms with van der Waals surface area (Å²) in [5.74, 6) is -0.528. The largest absolute Gasteiger partial charge is 0.480 e. The van der Waals surface area contributed by atoms with Crippen molar-refractivity contribution < 1.29 is 17.9 Å². The van der Waals surface area contributed by atoms with E-state index >= 15 is 0 Å². The van der Waals surface area contributed by atoms with Crippen molar-refractivity contribution in [2.24, 2.45) is 5.92 Å². The molecule has 0 spiro atoms. The molecule has 0 aliphatic rings. The van der Waals surface area contributed by atoms with E-state index in [-0.39, 0.29) is 34.5 Å². The van der Waals surface area contributed by atoms with E-state index < -0.39 is 15.9 Å². The van der Waals surface area contributed by atoms with Crippen LogP contribution in [0.25, 0.3) is 22.0 Å². The molecule has 0 aliphatic heterocycles. The lowest BCUT2D eigenvalue weighted by atomic mass is 10.0. The van der Waals surface area contributed by atoms with Gasteiger partial charge in [0, 0.05) is 30.4 Å². The summed E-state index contributed by atoms with van der Waals surface area (Å²) in [5, 5.41) is 3.33. The van der Waals surface area contributed by atoms with Crippen LogP contribution in [0.3, 0.4) is 0 Å². The van der Waals surface area contributed by atoms with Gasteiger partial charge in [-0.05, 0) is 48.0 Å². The number of ether oxygens (including phenoxy) is 1. The van der Waals surface area contributed by atoms with E-state index in [2.05, 4.69) is 20.0 Å². The fourth-order valence-corrected chi connectivity index (χ4v) is 4.93. The van der Waals surface area contributed by atoms with E-state index in [0.717, 1.165) is 0 Å². The average Bonchev–Trinajstić information content (AvgIpc) is 2.89. The smallest absolute Gasteiger partial charge is 0.262 e. The third-order valence-electron chi connectivity index (χ3n) is 5.73. The van der Waals surface area contributed by atoms with E-state index in [4.69, 9.17) is 16.3 Å². The maximum absolute atomic E-state index is 13.1. The number of pyridine rings is 1. The molecule has 0 saturated heterocycles. The number of fused-ring (bicyclic) bond motifs is 1. The molecule has 0 bridgehead atoms. The van der Waals surface area contributed by atoms with Crippen LogP contribution in [-0.4, -0.2) is 43.0 Å². The van der Waals surface area contributed by atoms with Crippen molar-refractivity contribution >= 4 is 44.1 Å². The van der Waals surface area contributed by atoms with Gasteiger partial charge >= 0.3 is 0 Å². The molecule has 2 N–H and O–H groups in total. The lowest BCUT2D eigenvalue weighted by molar-refractivity contribution is -0.124. The van der Waals surface area contributed by atoms with Gasteiger partial charge in [-0.2, -0.15) is 0 Å². The number of sulfonamides is 1. The molecule has 37 heavy (non-hydrogen) atoms. The molecule has 4 aromatic rings. The zero-order valence-corrected chi connectivity index (χ0v) is 21.8. The van der Waals surface area contributed by atoms with Crippen molar-refractivity contribution in [1.82, 2.24) is 19.9 Å². The van der Waals surface area contributed by atoms with Crippen molar-refractivity contribution in [3.63, 3.8) is 0 Å². The van der Waals surface area contributed by atoms with E-state index in [0.29, 0.717) is 27.1 Å². The molecule has 0 fully saturated rings. The van der Waals surface area contributed by atoms with Gasteiger partial charge in [-0.1, -0.05) is 24.6 Å². The van der Waals surface area contributed by atoms with Gasteiger partial charge in [-0.3, -0.25) is 18.9 Å². The summed E-state index contributed by atoms with van der Waals surface area (Å²) in [5.41, 5.74) is 1.48. The number of nitrogens with one attached hydrogen (secondary N) is 2. The molecule has 0 aliphatic carbocycles. The fourth-order valence-electron chi connectivity index (χ4n) is 3.76. The minimum absolute atomic E-state index is 0.0210. The average molecular weight is 542 g/mol. The molecule has 2 aromatic carbocycles. The second-order valence-corrected chi connectivity index (χ2v) is 10.4. The molecule has 192 valence electrons. The summed E-state index contributed by atoms with van der Waals surface area (Å²) >= 11 is 5.87. The molecule has 2 aromatic heterocycles. The first kappa shape index (κ1) is 26.1. The predicted octanol–water partition coefficient (Wildman–Crippen LogP) is 3.30. The molecule has 2 heterocycles. The summed E-state index contributed by atoms with van der Waals surface area (Å²) in [6, 6.07) is 12.4. The minimum atomic E-state index is -3.95. The van der Waals surface area contributed by atoms with Gasteiger partial charge < -0.3 is 10.1 Å². The van der Waals surface area contributed by atoms with Gasteiger partial charge in [0.15, 0.2) is 0 Å². The highest BCUT2D eigenvalue weighted by molar-refractivity contribution is 7.92. The first-order valence-electron chi connectivity index (χ1n) is 11.2. The van der Waals surface area contributed by atoms with Crippen molar-refractivity contribution in [2.75, 3.05) is 18.9 Å². The number of hydrogen-bond acceptors (Lipinski definition) is 7. The van der Waals surface area contributed by atoms with Crippen LogP contribution in [0.2, 0.25) is 5.02 Å². The number of halogens is 1. The molecule has 1 atom stereocenters. The first-order chi connectivity index (χ1) is 17.6. The van der Waals surface area contributed by atoms with Crippen LogP contribution in [0.5, 0.6) is 5.88 Å². The second kappa shape index (κ2) is 10.6. The van der Waals surface area contributed by atoms with Gasteiger partial charge in [0.2, 0.25) is 11.8 Å². The van der Waals surface area contributed by atoms with Gasteiger partial charge in [0.05, 0.1) is 35.2 Å². The molecule has 10 nitrogen and oxygen atoms in total. The molecule has 1 unspecified atom stereocenters. The maximum atomic E-state index is 13.1. The number of rotatable bonds is 8. The van der Waals surface area contributed by atoms with Gasteiger partial charge in [0.1, 0.15) is 5.69 Å². The highest BCUT2D eigenvalue weighted by Crippen LogP contribution is 2.31. The number of anilines is 1. The van der Waals surface area contributed by atoms with Crippen LogP contribution in [-0.2, 0) is 21.4 Å². The molecule has 4 rings (SSSR count). The monoisotopic (exact) mass is 541 g/mol. The summed E-state index contributed by atoms with van der Waals surface area (Å²) in [6.07, 6.45) is 2.94. The number of methoxy groups -OCH3 is 1. The summed E-state index contributed by atoms with van der Waals surface area (Å²) in [6.45, 7) is 1.90. The molecular formula is C25H24ClN5O5S. The van der Waals surface area contributed by atoms with Gasteiger partial charge in [0.25, 0.3) is 15.6 Å². The Bertz CT molecular complexity index is 1640. The Balaban J connectivity index is 1.72. The highest BCUT2D eigenvalue weighted by Gasteiger charge is 2.19. The van der Waals surface area contributed by atoms with E-state index in [1.807, 2.05) is 0 Å². The number of benzene rings is 2. The first-order valence-corrected chi connectivity index (χ1v) is 13.0. The fraction of sp³-hybridized carbons (Fsp3) is 0.200. The Kier molecular flexibility index (Phi) is 7.46. The van der Waals surface area contributed by atoms with Gasteiger partial charge in [-0.25, -0.2) is 18.4 Å². The Hall–Kier alpha value is -3.96. The standard InChI is InChI=1S/C25H24ClN5O5S/c1-15(23(32)27-2)13-31-14-29-21-9-4-16(10-20(21)25(31)33)17-11-22(24(36-3)28-12-17)30-37(34,35)19-7-5-18(26)6-8-19/h4-12,14-15,30H,13H2,1-3H3,(H,27,32). The normalized spacial score (nSPS) is 12.2. The van der Waals surface area contributed by atoms with Crippen molar-refractivity contribution in [2.45, 2.75) is 18.4 Å². The molecule has 0 radical (unpaired) electrons. The lowest BCUT2D eigenvalue weighted by Gasteiger charge is -2.14. The molecular weight excluding hydrogens is 518 g/mol. The summed E-state index contributed by atoms with van der Waals surface area (Å²) < 4.78 is 35.0. The predicted molar refractivity (Wildman–Crippen MR) is 141 cm³/mol. The third-order valence-corrected chi connectivity index (χ3v) is 7.37. The van der Waals surface area contributed by atoms with Gasteiger partial charge in [-0.15, -0.1) is 0 Å². The van der Waals surface area contributed by atoms with Crippen LogP contribution < -0.4 is 20.3 Å². The number of nitrogens with zero attached hydrogens (tertiary/aromatic N) is 3. The minimum Gasteiger partial charge on any atom is -0.480 e. The van der Waals surface area contributed by atoms with Crippen LogP contribution in [0.15, 0.2) is 70.7 Å². The quantitative estimate of drug-likeness (QED) is 0.350. The zero-order valence-electron chi connectivity index (χ0n) is 20.2. The number of aromatic nitrogens is 3. The Labute approximate surface area is 218 Å². The van der Waals surface area contributed by atoms with Crippen LogP contribution in [0.1, 0.15) is 6.92 Å². The zero-order chi connectivity index (χ0) is 26.7. The topological polar surface area (TPSA) is 132 Å². The van der Waals surface area contributed by atoms with E-state index in [9.17, 15) is 18.0 Å². The Morgan fingerprint density at radius 2 is 1.84 bits per heavy atom. The number of carbonyl (C=O) groups is 1. The van der Waals surface area contributed by atoms with Crippen LogP contribution in [0.4, 0.5) is 5.69 Å². The SMILES string of the molecule is CNC(=O)C(C)Cn1cnc2ccc(-c3cnc(OC)c(NS(=O)(=O)c4ccc(Cl)cc4)c3)cc2c1=O. The van der Waals surface area contributed by atoms with Crippen LogP contribution >= 0.6 is 11.6 Å². The van der Waals surface area contributed by atoms with Crippen LogP contribution in [0, 0.1) is 5.92 Å².